The van der Waals surface area contributed by atoms with E-state index < -0.39 is 0 Å². The van der Waals surface area contributed by atoms with Crippen LogP contribution in [0.2, 0.25) is 0 Å². The third-order valence-corrected chi connectivity index (χ3v) is 4.26. The largest absolute Gasteiger partial charge is 0.336 e. The maximum absolute atomic E-state index is 12.4. The first-order valence-corrected chi connectivity index (χ1v) is 7.78. The number of nitrogens with one attached hydrogen (secondary N) is 2. The summed E-state index contributed by atoms with van der Waals surface area (Å²) in [5.74, 6) is 0. The zero-order chi connectivity index (χ0) is 16.2. The lowest BCUT2D eigenvalue weighted by atomic mass is 10.0. The lowest BCUT2D eigenvalue weighted by molar-refractivity contribution is 0.139. The number of rotatable bonds is 2. The summed E-state index contributed by atoms with van der Waals surface area (Å²) in [5, 5.41) is 14.5. The zero-order valence-electron chi connectivity index (χ0n) is 12.8. The number of nitrogens with zero attached hydrogens (tertiary/aromatic N) is 3. The van der Waals surface area contributed by atoms with E-state index in [-0.39, 0.29) is 18.1 Å². The Morgan fingerprint density at radius 3 is 3.00 bits per heavy atom. The van der Waals surface area contributed by atoms with E-state index in [1.54, 1.807) is 29.2 Å². The molecular formula is C16H19N5O2. The minimum absolute atomic E-state index is 0.0426. The van der Waals surface area contributed by atoms with Crippen LogP contribution in [0.25, 0.3) is 0 Å². The van der Waals surface area contributed by atoms with E-state index in [1.807, 2.05) is 4.90 Å². The van der Waals surface area contributed by atoms with Gasteiger partial charge in [-0.05, 0) is 31.0 Å². The Hall–Kier alpha value is -2.75. The molecule has 2 heterocycles. The Kier molecular flexibility index (Phi) is 4.33. The molecule has 1 aromatic carbocycles. The van der Waals surface area contributed by atoms with E-state index in [0.29, 0.717) is 37.4 Å². The lowest BCUT2D eigenvalue weighted by Crippen LogP contribution is -2.51. The van der Waals surface area contributed by atoms with Crippen molar-refractivity contribution >= 4 is 17.7 Å². The van der Waals surface area contributed by atoms with Gasteiger partial charge in [0.1, 0.15) is 0 Å². The van der Waals surface area contributed by atoms with E-state index >= 15 is 0 Å². The Balaban J connectivity index is 1.62. The summed E-state index contributed by atoms with van der Waals surface area (Å²) in [6.07, 6.45) is 1.79. The van der Waals surface area contributed by atoms with Crippen LogP contribution >= 0.6 is 0 Å². The Morgan fingerprint density at radius 2 is 2.26 bits per heavy atom. The molecule has 0 saturated carbocycles. The van der Waals surface area contributed by atoms with Crippen molar-refractivity contribution in [1.29, 1.82) is 5.26 Å². The molecule has 0 spiro atoms. The number of anilines is 1. The van der Waals surface area contributed by atoms with Crippen LogP contribution in [0.3, 0.4) is 0 Å². The van der Waals surface area contributed by atoms with Gasteiger partial charge in [-0.15, -0.1) is 0 Å². The Labute approximate surface area is 134 Å². The first kappa shape index (κ1) is 15.2. The van der Waals surface area contributed by atoms with Crippen molar-refractivity contribution in [2.75, 3.05) is 31.5 Å². The van der Waals surface area contributed by atoms with Crippen molar-refractivity contribution < 1.29 is 9.59 Å². The highest BCUT2D eigenvalue weighted by molar-refractivity contribution is 5.89. The second-order valence-electron chi connectivity index (χ2n) is 5.79. The summed E-state index contributed by atoms with van der Waals surface area (Å²) in [6, 6.07) is 8.73. The average molecular weight is 313 g/mol. The molecule has 1 aromatic rings. The van der Waals surface area contributed by atoms with Gasteiger partial charge in [-0.3, -0.25) is 0 Å². The van der Waals surface area contributed by atoms with Crippen molar-refractivity contribution in [3.8, 4) is 6.07 Å². The number of nitriles is 1. The molecule has 0 bridgehead atoms. The molecule has 0 radical (unpaired) electrons. The highest BCUT2D eigenvalue weighted by Crippen LogP contribution is 2.19. The van der Waals surface area contributed by atoms with Gasteiger partial charge in [0.15, 0.2) is 0 Å². The van der Waals surface area contributed by atoms with Crippen molar-refractivity contribution in [1.82, 2.24) is 15.1 Å². The number of benzene rings is 1. The highest BCUT2D eigenvalue weighted by Gasteiger charge is 2.32. The fourth-order valence-electron chi connectivity index (χ4n) is 3.10. The molecule has 2 fully saturated rings. The minimum atomic E-state index is -0.190. The molecule has 2 aliphatic heterocycles. The lowest BCUT2D eigenvalue weighted by Gasteiger charge is -2.36. The van der Waals surface area contributed by atoms with Crippen LogP contribution in [-0.2, 0) is 0 Å². The molecule has 2 aliphatic rings. The highest BCUT2D eigenvalue weighted by atomic mass is 16.2. The SMILES string of the molecule is N#Cc1cccc(NC(=O)N2CCCC(N3CCNC3=O)C2)c1. The number of carbonyl (C=O) groups excluding carboxylic acids is 2. The molecular weight excluding hydrogens is 294 g/mol. The maximum atomic E-state index is 12.4. The van der Waals surface area contributed by atoms with Gasteiger partial charge in [-0.1, -0.05) is 6.07 Å². The molecule has 2 saturated heterocycles. The van der Waals surface area contributed by atoms with Gasteiger partial charge in [0, 0.05) is 31.9 Å². The second-order valence-corrected chi connectivity index (χ2v) is 5.79. The standard InChI is InChI=1S/C16H19N5O2/c17-10-12-3-1-4-13(9-12)19-16(23)20-7-2-5-14(11-20)21-8-6-18-15(21)22/h1,3-4,9,14H,2,5-8,11H2,(H,18,22)(H,19,23). The molecule has 1 atom stereocenters. The fourth-order valence-corrected chi connectivity index (χ4v) is 3.10. The molecule has 7 heteroatoms. The van der Waals surface area contributed by atoms with Crippen molar-refractivity contribution in [3.05, 3.63) is 29.8 Å². The zero-order valence-corrected chi connectivity index (χ0v) is 12.8. The number of amides is 4. The van der Waals surface area contributed by atoms with Crippen LogP contribution in [-0.4, -0.2) is 54.1 Å². The molecule has 0 aromatic heterocycles. The van der Waals surface area contributed by atoms with Crippen molar-refractivity contribution in [2.45, 2.75) is 18.9 Å². The monoisotopic (exact) mass is 313 g/mol. The summed E-state index contributed by atoms with van der Waals surface area (Å²) in [6.45, 7) is 2.58. The van der Waals surface area contributed by atoms with Crippen LogP contribution in [0.1, 0.15) is 18.4 Å². The van der Waals surface area contributed by atoms with Gasteiger partial charge in [-0.2, -0.15) is 5.26 Å². The summed E-state index contributed by atoms with van der Waals surface area (Å²) in [7, 11) is 0. The second kappa shape index (κ2) is 6.57. The smallest absolute Gasteiger partial charge is 0.321 e. The minimum Gasteiger partial charge on any atom is -0.336 e. The molecule has 3 rings (SSSR count). The van der Waals surface area contributed by atoms with Gasteiger partial charge in [0.2, 0.25) is 0 Å². The van der Waals surface area contributed by atoms with Crippen molar-refractivity contribution in [2.24, 2.45) is 0 Å². The van der Waals surface area contributed by atoms with E-state index in [2.05, 4.69) is 16.7 Å². The number of piperidine rings is 1. The van der Waals surface area contributed by atoms with Gasteiger partial charge < -0.3 is 20.4 Å². The summed E-state index contributed by atoms with van der Waals surface area (Å²) in [5.41, 5.74) is 1.11. The van der Waals surface area contributed by atoms with Gasteiger partial charge >= 0.3 is 12.1 Å². The van der Waals surface area contributed by atoms with E-state index in [9.17, 15) is 9.59 Å². The number of hydrogen-bond acceptors (Lipinski definition) is 3. The van der Waals surface area contributed by atoms with Crippen LogP contribution in [0.5, 0.6) is 0 Å². The third kappa shape index (κ3) is 3.37. The van der Waals surface area contributed by atoms with Crippen LogP contribution in [0, 0.1) is 11.3 Å². The van der Waals surface area contributed by atoms with E-state index in [0.717, 1.165) is 12.8 Å². The van der Waals surface area contributed by atoms with Crippen LogP contribution in [0.4, 0.5) is 15.3 Å². The summed E-state index contributed by atoms with van der Waals surface area (Å²) >= 11 is 0. The molecule has 4 amide bonds. The predicted octanol–water partition coefficient (Wildman–Crippen LogP) is 1.58. The number of hydrogen-bond donors (Lipinski definition) is 2. The molecule has 7 nitrogen and oxygen atoms in total. The van der Waals surface area contributed by atoms with Crippen LogP contribution < -0.4 is 10.6 Å². The molecule has 0 aliphatic carbocycles. The number of urea groups is 2. The Morgan fingerprint density at radius 1 is 1.39 bits per heavy atom. The van der Waals surface area contributed by atoms with Gasteiger partial charge in [0.25, 0.3) is 0 Å². The van der Waals surface area contributed by atoms with E-state index in [1.165, 1.54) is 0 Å². The number of carbonyl (C=O) groups is 2. The maximum Gasteiger partial charge on any atom is 0.321 e. The van der Waals surface area contributed by atoms with E-state index in [4.69, 9.17) is 5.26 Å². The van der Waals surface area contributed by atoms with Gasteiger partial charge in [-0.25, -0.2) is 9.59 Å². The average Bonchev–Trinajstić information content (AvgIpc) is 3.01. The molecule has 1 unspecified atom stereocenters. The van der Waals surface area contributed by atoms with Gasteiger partial charge in [0.05, 0.1) is 17.7 Å². The Bertz CT molecular complexity index is 654. The molecule has 2 N–H and O–H groups in total. The third-order valence-electron chi connectivity index (χ3n) is 4.26. The van der Waals surface area contributed by atoms with Crippen molar-refractivity contribution in [3.63, 3.8) is 0 Å². The number of likely N-dealkylation sites (tertiary alicyclic amines) is 1. The first-order valence-electron chi connectivity index (χ1n) is 7.78. The topological polar surface area (TPSA) is 88.5 Å². The quantitative estimate of drug-likeness (QED) is 0.869. The predicted molar refractivity (Wildman–Crippen MR) is 84.9 cm³/mol. The normalized spacial score (nSPS) is 20.8. The summed E-state index contributed by atoms with van der Waals surface area (Å²) < 4.78 is 0. The van der Waals surface area contributed by atoms with Crippen LogP contribution in [0.15, 0.2) is 24.3 Å². The molecule has 120 valence electrons. The first-order chi connectivity index (χ1) is 11.2. The summed E-state index contributed by atoms with van der Waals surface area (Å²) in [4.78, 5) is 27.7. The molecule has 23 heavy (non-hydrogen) atoms. The fraction of sp³-hybridized carbons (Fsp3) is 0.438.